The van der Waals surface area contributed by atoms with Gasteiger partial charge >= 0.3 is 0 Å². The number of benzene rings is 2. The van der Waals surface area contributed by atoms with Gasteiger partial charge in [-0.15, -0.1) is 11.8 Å². The number of thioether (sulfide) groups is 1. The highest BCUT2D eigenvalue weighted by Gasteiger charge is 2.07. The van der Waals surface area contributed by atoms with Crippen LogP contribution in [-0.4, -0.2) is 12.9 Å². The van der Waals surface area contributed by atoms with E-state index in [9.17, 15) is 0 Å². The fourth-order valence-corrected chi connectivity index (χ4v) is 2.73. The van der Waals surface area contributed by atoms with Crippen LogP contribution in [0.1, 0.15) is 25.5 Å². The van der Waals surface area contributed by atoms with Crippen molar-refractivity contribution in [1.29, 1.82) is 0 Å². The Kier molecular flexibility index (Phi) is 5.83. The standard InChI is InChI=1S/C17H20ClNOS/c1-4-20-17-10-7-14(11-16(17)18)19-12(2)13-5-8-15(21-3)9-6-13/h5-12,19H,4H2,1-3H3. The summed E-state index contributed by atoms with van der Waals surface area (Å²) in [5.41, 5.74) is 2.24. The van der Waals surface area contributed by atoms with Gasteiger partial charge < -0.3 is 10.1 Å². The number of halogens is 1. The molecule has 1 atom stereocenters. The van der Waals surface area contributed by atoms with Crippen molar-refractivity contribution < 1.29 is 4.74 Å². The number of hydrogen-bond donors (Lipinski definition) is 1. The lowest BCUT2D eigenvalue weighted by molar-refractivity contribution is 0.340. The van der Waals surface area contributed by atoms with Gasteiger partial charge in [-0.05, 0) is 56.0 Å². The zero-order valence-corrected chi connectivity index (χ0v) is 14.1. The van der Waals surface area contributed by atoms with Gasteiger partial charge in [0.2, 0.25) is 0 Å². The average molecular weight is 322 g/mol. The smallest absolute Gasteiger partial charge is 0.138 e. The summed E-state index contributed by atoms with van der Waals surface area (Å²) in [6.45, 7) is 4.70. The van der Waals surface area contributed by atoms with Gasteiger partial charge in [-0.2, -0.15) is 0 Å². The molecule has 0 aromatic heterocycles. The number of rotatable bonds is 6. The number of ether oxygens (including phenoxy) is 1. The van der Waals surface area contributed by atoms with Gasteiger partial charge in [0.15, 0.2) is 0 Å². The molecule has 1 unspecified atom stereocenters. The summed E-state index contributed by atoms with van der Waals surface area (Å²) in [7, 11) is 0. The lowest BCUT2D eigenvalue weighted by Gasteiger charge is -2.17. The Bertz CT molecular complexity index is 586. The highest BCUT2D eigenvalue weighted by molar-refractivity contribution is 7.98. The van der Waals surface area contributed by atoms with E-state index in [0.717, 1.165) is 11.4 Å². The van der Waals surface area contributed by atoms with Crippen LogP contribution >= 0.6 is 23.4 Å². The Hall–Kier alpha value is -1.32. The van der Waals surface area contributed by atoms with E-state index >= 15 is 0 Å². The zero-order chi connectivity index (χ0) is 15.2. The topological polar surface area (TPSA) is 21.3 Å². The molecule has 112 valence electrons. The van der Waals surface area contributed by atoms with E-state index in [0.29, 0.717) is 11.6 Å². The number of anilines is 1. The maximum absolute atomic E-state index is 6.21. The SMILES string of the molecule is CCOc1ccc(NC(C)c2ccc(SC)cc2)cc1Cl. The Morgan fingerprint density at radius 2 is 1.90 bits per heavy atom. The van der Waals surface area contributed by atoms with E-state index in [2.05, 4.69) is 42.8 Å². The largest absolute Gasteiger partial charge is 0.492 e. The molecule has 2 aromatic rings. The van der Waals surface area contributed by atoms with Gasteiger partial charge in [0, 0.05) is 16.6 Å². The van der Waals surface area contributed by atoms with Gasteiger partial charge in [0.05, 0.1) is 11.6 Å². The lowest BCUT2D eigenvalue weighted by Crippen LogP contribution is -2.06. The predicted octanol–water partition coefficient (Wildman–Crippen LogP) is 5.63. The number of nitrogens with one attached hydrogen (secondary N) is 1. The second-order valence-corrected chi connectivity index (χ2v) is 6.00. The van der Waals surface area contributed by atoms with Gasteiger partial charge in [0.1, 0.15) is 5.75 Å². The quantitative estimate of drug-likeness (QED) is 0.696. The molecule has 0 amide bonds. The summed E-state index contributed by atoms with van der Waals surface area (Å²) in [4.78, 5) is 1.27. The first-order valence-electron chi connectivity index (χ1n) is 6.97. The molecule has 0 radical (unpaired) electrons. The Morgan fingerprint density at radius 1 is 1.19 bits per heavy atom. The van der Waals surface area contributed by atoms with Crippen LogP contribution in [-0.2, 0) is 0 Å². The third-order valence-corrected chi connectivity index (χ3v) is 4.27. The van der Waals surface area contributed by atoms with Crippen molar-refractivity contribution in [3.05, 3.63) is 53.1 Å². The minimum absolute atomic E-state index is 0.218. The molecule has 4 heteroatoms. The summed E-state index contributed by atoms with van der Waals surface area (Å²) in [5, 5.41) is 4.09. The highest BCUT2D eigenvalue weighted by Crippen LogP contribution is 2.29. The van der Waals surface area contributed by atoms with Crippen LogP contribution < -0.4 is 10.1 Å². The molecule has 0 aliphatic carbocycles. The van der Waals surface area contributed by atoms with E-state index < -0.39 is 0 Å². The molecule has 0 fully saturated rings. The van der Waals surface area contributed by atoms with Crippen LogP contribution in [0.25, 0.3) is 0 Å². The zero-order valence-electron chi connectivity index (χ0n) is 12.5. The summed E-state index contributed by atoms with van der Waals surface area (Å²) in [6, 6.07) is 14.6. The molecule has 0 bridgehead atoms. The van der Waals surface area contributed by atoms with Crippen LogP contribution in [0.2, 0.25) is 5.02 Å². The molecule has 2 nitrogen and oxygen atoms in total. The first-order valence-corrected chi connectivity index (χ1v) is 8.57. The second-order valence-electron chi connectivity index (χ2n) is 4.72. The van der Waals surface area contributed by atoms with E-state index in [-0.39, 0.29) is 6.04 Å². The third kappa shape index (κ3) is 4.32. The van der Waals surface area contributed by atoms with Crippen LogP contribution in [0.4, 0.5) is 5.69 Å². The number of hydrogen-bond acceptors (Lipinski definition) is 3. The average Bonchev–Trinajstić information content (AvgIpc) is 2.50. The van der Waals surface area contributed by atoms with Crippen molar-refractivity contribution in [1.82, 2.24) is 0 Å². The molecular weight excluding hydrogens is 302 g/mol. The molecule has 2 aromatic carbocycles. The van der Waals surface area contributed by atoms with Crippen LogP contribution in [0.5, 0.6) is 5.75 Å². The van der Waals surface area contributed by atoms with Crippen molar-refractivity contribution in [2.75, 3.05) is 18.2 Å². The van der Waals surface area contributed by atoms with Gasteiger partial charge in [-0.3, -0.25) is 0 Å². The Balaban J connectivity index is 2.07. The van der Waals surface area contributed by atoms with E-state index in [4.69, 9.17) is 16.3 Å². The summed E-state index contributed by atoms with van der Waals surface area (Å²) in [5.74, 6) is 0.724. The molecule has 0 aliphatic heterocycles. The third-order valence-electron chi connectivity index (χ3n) is 3.23. The minimum atomic E-state index is 0.218. The summed E-state index contributed by atoms with van der Waals surface area (Å²) >= 11 is 7.96. The van der Waals surface area contributed by atoms with Crippen LogP contribution in [0.15, 0.2) is 47.4 Å². The van der Waals surface area contributed by atoms with Crippen molar-refractivity contribution in [3.63, 3.8) is 0 Å². The van der Waals surface area contributed by atoms with Crippen molar-refractivity contribution in [3.8, 4) is 5.75 Å². The Morgan fingerprint density at radius 3 is 2.48 bits per heavy atom. The Labute approximate surface area is 135 Å². The molecule has 21 heavy (non-hydrogen) atoms. The minimum Gasteiger partial charge on any atom is -0.492 e. The first kappa shape index (κ1) is 16.1. The fraction of sp³-hybridized carbons (Fsp3) is 0.294. The maximum atomic E-state index is 6.21. The summed E-state index contributed by atoms with van der Waals surface area (Å²) < 4.78 is 5.44. The summed E-state index contributed by atoms with van der Waals surface area (Å²) in [6.07, 6.45) is 2.08. The first-order chi connectivity index (χ1) is 10.1. The monoisotopic (exact) mass is 321 g/mol. The maximum Gasteiger partial charge on any atom is 0.138 e. The van der Waals surface area contributed by atoms with Crippen LogP contribution in [0.3, 0.4) is 0 Å². The van der Waals surface area contributed by atoms with Gasteiger partial charge in [-0.1, -0.05) is 23.7 Å². The molecule has 0 saturated heterocycles. The molecular formula is C17H20ClNOS. The van der Waals surface area contributed by atoms with Crippen molar-refractivity contribution in [2.45, 2.75) is 24.8 Å². The van der Waals surface area contributed by atoms with E-state index in [1.807, 2.05) is 25.1 Å². The highest BCUT2D eigenvalue weighted by atomic mass is 35.5. The predicted molar refractivity (Wildman–Crippen MR) is 92.9 cm³/mol. The van der Waals surface area contributed by atoms with Gasteiger partial charge in [-0.25, -0.2) is 0 Å². The molecule has 0 saturated carbocycles. The van der Waals surface area contributed by atoms with E-state index in [1.165, 1.54) is 10.5 Å². The van der Waals surface area contributed by atoms with Crippen molar-refractivity contribution in [2.24, 2.45) is 0 Å². The molecule has 0 spiro atoms. The normalized spacial score (nSPS) is 12.0. The second kappa shape index (κ2) is 7.62. The molecule has 0 heterocycles. The van der Waals surface area contributed by atoms with Crippen molar-refractivity contribution >= 4 is 29.1 Å². The van der Waals surface area contributed by atoms with Crippen LogP contribution in [0, 0.1) is 0 Å². The molecule has 1 N–H and O–H groups in total. The fourth-order valence-electron chi connectivity index (χ4n) is 2.09. The molecule has 0 aliphatic rings. The lowest BCUT2D eigenvalue weighted by atomic mass is 10.1. The molecule has 2 rings (SSSR count). The van der Waals surface area contributed by atoms with Gasteiger partial charge in [0.25, 0.3) is 0 Å². The van der Waals surface area contributed by atoms with E-state index in [1.54, 1.807) is 11.8 Å².